The fourth-order valence-electron chi connectivity index (χ4n) is 1.97. The van der Waals surface area contributed by atoms with Crippen molar-refractivity contribution in [3.8, 4) is 0 Å². The molecule has 0 aromatic heterocycles. The van der Waals surface area contributed by atoms with E-state index < -0.39 is 18.0 Å². The number of benzene rings is 1. The molecular formula is C15H20ClNO4. The normalized spacial score (nSPS) is 13.4. The summed E-state index contributed by atoms with van der Waals surface area (Å²) in [5.74, 6) is -1.16. The molecule has 1 aromatic carbocycles. The van der Waals surface area contributed by atoms with Crippen LogP contribution in [0.15, 0.2) is 24.3 Å². The van der Waals surface area contributed by atoms with Gasteiger partial charge in [0.15, 0.2) is 0 Å². The Labute approximate surface area is 129 Å². The number of aliphatic hydroxyl groups is 1. The minimum atomic E-state index is -0.696. The van der Waals surface area contributed by atoms with Gasteiger partial charge in [0.25, 0.3) is 5.91 Å². The lowest BCUT2D eigenvalue weighted by atomic mass is 10.1. The summed E-state index contributed by atoms with van der Waals surface area (Å²) in [4.78, 5) is 25.4. The van der Waals surface area contributed by atoms with E-state index in [4.69, 9.17) is 11.6 Å². The lowest BCUT2D eigenvalue weighted by molar-refractivity contribution is -0.145. The number of carbonyl (C=O) groups excluding carboxylic acids is 2. The van der Waals surface area contributed by atoms with Gasteiger partial charge >= 0.3 is 5.97 Å². The van der Waals surface area contributed by atoms with Gasteiger partial charge in [0.05, 0.1) is 19.1 Å². The average molecular weight is 314 g/mol. The summed E-state index contributed by atoms with van der Waals surface area (Å²) in [6.45, 7) is 3.56. The molecule has 2 atom stereocenters. The third-order valence-corrected chi connectivity index (χ3v) is 3.18. The molecule has 1 rings (SSSR count). The third kappa shape index (κ3) is 5.36. The summed E-state index contributed by atoms with van der Waals surface area (Å²) < 4.78 is 4.66. The zero-order valence-corrected chi connectivity index (χ0v) is 13.1. The van der Waals surface area contributed by atoms with Crippen LogP contribution >= 0.6 is 11.6 Å². The van der Waals surface area contributed by atoms with Gasteiger partial charge in [-0.15, -0.1) is 0 Å². The Balaban J connectivity index is 2.91. The van der Waals surface area contributed by atoms with Crippen molar-refractivity contribution >= 4 is 23.5 Å². The largest absolute Gasteiger partial charge is 0.469 e. The molecule has 1 amide bonds. The number of hydrogen-bond acceptors (Lipinski definition) is 4. The average Bonchev–Trinajstić information content (AvgIpc) is 2.44. The van der Waals surface area contributed by atoms with E-state index >= 15 is 0 Å². The number of aliphatic hydroxyl groups excluding tert-OH is 1. The SMILES string of the molecule is COC(=O)C(C)CN(CC(C)O)C(=O)c1cccc(Cl)c1. The smallest absolute Gasteiger partial charge is 0.310 e. The predicted molar refractivity (Wildman–Crippen MR) is 80.2 cm³/mol. The number of ether oxygens (including phenoxy) is 1. The third-order valence-electron chi connectivity index (χ3n) is 2.94. The van der Waals surface area contributed by atoms with E-state index in [-0.39, 0.29) is 19.0 Å². The van der Waals surface area contributed by atoms with Crippen LogP contribution in [0.1, 0.15) is 24.2 Å². The van der Waals surface area contributed by atoms with Crippen LogP contribution in [0.2, 0.25) is 5.02 Å². The van der Waals surface area contributed by atoms with Crippen molar-refractivity contribution in [3.05, 3.63) is 34.9 Å². The van der Waals surface area contributed by atoms with E-state index in [1.807, 2.05) is 0 Å². The van der Waals surface area contributed by atoms with E-state index in [0.29, 0.717) is 10.6 Å². The summed E-state index contributed by atoms with van der Waals surface area (Å²) in [7, 11) is 1.30. The van der Waals surface area contributed by atoms with Gasteiger partial charge in [-0.25, -0.2) is 0 Å². The molecule has 5 nitrogen and oxygen atoms in total. The zero-order chi connectivity index (χ0) is 16.0. The number of rotatable bonds is 6. The molecule has 0 aliphatic carbocycles. The number of halogens is 1. The summed E-state index contributed by atoms with van der Waals surface area (Å²) in [5, 5.41) is 10.0. The summed E-state index contributed by atoms with van der Waals surface area (Å²) >= 11 is 5.88. The maximum atomic E-state index is 12.5. The van der Waals surface area contributed by atoms with Gasteiger partial charge in [-0.3, -0.25) is 9.59 Å². The first-order chi connectivity index (χ1) is 9.85. The molecule has 116 valence electrons. The quantitative estimate of drug-likeness (QED) is 0.815. The van der Waals surface area contributed by atoms with Gasteiger partial charge < -0.3 is 14.7 Å². The maximum Gasteiger partial charge on any atom is 0.310 e. The first-order valence-electron chi connectivity index (χ1n) is 6.66. The van der Waals surface area contributed by atoms with Crippen LogP contribution in [0.25, 0.3) is 0 Å². The monoisotopic (exact) mass is 313 g/mol. The Bertz CT molecular complexity index is 504. The van der Waals surface area contributed by atoms with Crippen molar-refractivity contribution in [1.82, 2.24) is 4.90 Å². The van der Waals surface area contributed by atoms with Crippen molar-refractivity contribution in [2.24, 2.45) is 5.92 Å². The topological polar surface area (TPSA) is 66.8 Å². The molecule has 0 saturated carbocycles. The molecule has 1 N–H and O–H groups in total. The van der Waals surface area contributed by atoms with Crippen molar-refractivity contribution < 1.29 is 19.4 Å². The fourth-order valence-corrected chi connectivity index (χ4v) is 2.16. The molecule has 6 heteroatoms. The summed E-state index contributed by atoms with van der Waals surface area (Å²) in [6.07, 6.45) is -0.696. The molecule has 2 unspecified atom stereocenters. The highest BCUT2D eigenvalue weighted by Gasteiger charge is 2.23. The molecule has 0 radical (unpaired) electrons. The Morgan fingerprint density at radius 3 is 2.52 bits per heavy atom. The van der Waals surface area contributed by atoms with E-state index in [0.717, 1.165) is 0 Å². The van der Waals surface area contributed by atoms with Crippen LogP contribution in [0.4, 0.5) is 0 Å². The van der Waals surface area contributed by atoms with Gasteiger partial charge in [0.1, 0.15) is 0 Å². The molecule has 21 heavy (non-hydrogen) atoms. The van der Waals surface area contributed by atoms with Crippen LogP contribution in [-0.4, -0.2) is 48.2 Å². The van der Waals surface area contributed by atoms with Crippen LogP contribution in [-0.2, 0) is 9.53 Å². The second kappa shape index (κ2) is 8.00. The van der Waals surface area contributed by atoms with Crippen LogP contribution in [0.3, 0.4) is 0 Å². The lowest BCUT2D eigenvalue weighted by Crippen LogP contribution is -2.41. The van der Waals surface area contributed by atoms with Crippen molar-refractivity contribution in [1.29, 1.82) is 0 Å². The molecule has 0 spiro atoms. The highest BCUT2D eigenvalue weighted by atomic mass is 35.5. The van der Waals surface area contributed by atoms with E-state index in [1.54, 1.807) is 38.1 Å². The molecule has 0 aliphatic rings. The van der Waals surface area contributed by atoms with Crippen molar-refractivity contribution in [3.63, 3.8) is 0 Å². The second-order valence-corrected chi connectivity index (χ2v) is 5.43. The zero-order valence-electron chi connectivity index (χ0n) is 12.4. The van der Waals surface area contributed by atoms with Gasteiger partial charge in [-0.05, 0) is 25.1 Å². The number of nitrogens with zero attached hydrogens (tertiary/aromatic N) is 1. The Hall–Kier alpha value is -1.59. The van der Waals surface area contributed by atoms with E-state index in [2.05, 4.69) is 4.74 Å². The Morgan fingerprint density at radius 2 is 2.00 bits per heavy atom. The first kappa shape index (κ1) is 17.5. The van der Waals surface area contributed by atoms with Gasteiger partial charge in [-0.1, -0.05) is 24.6 Å². The number of esters is 1. The maximum absolute atomic E-state index is 12.5. The van der Waals surface area contributed by atoms with Gasteiger partial charge in [0.2, 0.25) is 0 Å². The van der Waals surface area contributed by atoms with Crippen molar-refractivity contribution in [2.75, 3.05) is 20.2 Å². The number of carbonyl (C=O) groups is 2. The Kier molecular flexibility index (Phi) is 6.65. The van der Waals surface area contributed by atoms with Crippen molar-refractivity contribution in [2.45, 2.75) is 20.0 Å². The van der Waals surface area contributed by atoms with Crippen LogP contribution in [0.5, 0.6) is 0 Å². The highest BCUT2D eigenvalue weighted by Crippen LogP contribution is 2.14. The number of hydrogen-bond donors (Lipinski definition) is 1. The number of amides is 1. The Morgan fingerprint density at radius 1 is 1.33 bits per heavy atom. The molecule has 0 bridgehead atoms. The minimum absolute atomic E-state index is 0.132. The summed E-state index contributed by atoms with van der Waals surface area (Å²) in [6, 6.07) is 6.56. The molecular weight excluding hydrogens is 294 g/mol. The lowest BCUT2D eigenvalue weighted by Gasteiger charge is -2.26. The minimum Gasteiger partial charge on any atom is -0.469 e. The molecule has 1 aromatic rings. The van der Waals surface area contributed by atoms with Crippen LogP contribution < -0.4 is 0 Å². The molecule has 0 saturated heterocycles. The standard InChI is InChI=1S/C15H20ClNO4/c1-10(15(20)21-3)8-17(9-11(2)18)14(19)12-5-4-6-13(16)7-12/h4-7,10-11,18H,8-9H2,1-3H3. The first-order valence-corrected chi connectivity index (χ1v) is 7.03. The molecule has 0 fully saturated rings. The second-order valence-electron chi connectivity index (χ2n) is 4.99. The van der Waals surface area contributed by atoms with E-state index in [9.17, 15) is 14.7 Å². The molecule has 0 aliphatic heterocycles. The highest BCUT2D eigenvalue weighted by molar-refractivity contribution is 6.30. The molecule has 0 heterocycles. The number of methoxy groups -OCH3 is 1. The van der Waals surface area contributed by atoms with Gasteiger partial charge in [0, 0.05) is 23.7 Å². The van der Waals surface area contributed by atoms with Gasteiger partial charge in [-0.2, -0.15) is 0 Å². The fraction of sp³-hybridized carbons (Fsp3) is 0.467. The predicted octanol–water partition coefficient (Wildman–Crippen LogP) is 1.97. The van der Waals surface area contributed by atoms with Crippen LogP contribution in [0, 0.1) is 5.92 Å². The summed E-state index contributed by atoms with van der Waals surface area (Å²) in [5.41, 5.74) is 0.417. The van der Waals surface area contributed by atoms with E-state index in [1.165, 1.54) is 12.0 Å².